The van der Waals surface area contributed by atoms with Crippen LogP contribution in [0.1, 0.15) is 27.2 Å². The van der Waals surface area contributed by atoms with Crippen LogP contribution in [0.5, 0.6) is 0 Å². The van der Waals surface area contributed by atoms with Crippen LogP contribution in [-0.4, -0.2) is 10.9 Å². The third kappa shape index (κ3) is 3.81. The zero-order valence-corrected chi connectivity index (χ0v) is 13.7. The molecule has 0 bridgehead atoms. The molecular weight excluding hydrogens is 302 g/mol. The number of nitrogens with zero attached hydrogens (tertiary/aromatic N) is 1. The number of pyridine rings is 1. The van der Waals surface area contributed by atoms with Crippen molar-refractivity contribution < 1.29 is 9.21 Å². The fourth-order valence-corrected chi connectivity index (χ4v) is 2.34. The van der Waals surface area contributed by atoms with Gasteiger partial charge in [0, 0.05) is 11.9 Å². The number of aryl methyl sites for hydroxylation is 2. The monoisotopic (exact) mass is 321 g/mol. The van der Waals surface area contributed by atoms with Gasteiger partial charge in [-0.1, -0.05) is 12.1 Å². The molecular formula is C19H19N3O2. The molecule has 0 aliphatic rings. The summed E-state index contributed by atoms with van der Waals surface area (Å²) in [6.45, 7) is 4.43. The van der Waals surface area contributed by atoms with Crippen LogP contribution in [0.3, 0.4) is 0 Å². The van der Waals surface area contributed by atoms with Gasteiger partial charge in [0.15, 0.2) is 0 Å². The maximum absolute atomic E-state index is 12.2. The molecule has 0 spiro atoms. The number of carbonyl (C=O) groups excluding carboxylic acids is 1. The highest BCUT2D eigenvalue weighted by molar-refractivity contribution is 5.94. The van der Waals surface area contributed by atoms with Crippen molar-refractivity contribution in [2.45, 2.75) is 20.4 Å². The predicted octanol–water partition coefficient (Wildman–Crippen LogP) is 3.97. The van der Waals surface area contributed by atoms with Crippen molar-refractivity contribution >= 4 is 17.3 Å². The van der Waals surface area contributed by atoms with E-state index in [0.717, 1.165) is 16.9 Å². The molecule has 0 unspecified atom stereocenters. The Morgan fingerprint density at radius 1 is 1.17 bits per heavy atom. The number of carbonyl (C=O) groups is 1. The number of amides is 1. The lowest BCUT2D eigenvalue weighted by Gasteiger charge is -2.11. The van der Waals surface area contributed by atoms with Crippen molar-refractivity contribution in [3.8, 4) is 0 Å². The van der Waals surface area contributed by atoms with Crippen molar-refractivity contribution in [1.29, 1.82) is 0 Å². The second-order valence-electron chi connectivity index (χ2n) is 5.67. The zero-order chi connectivity index (χ0) is 16.9. The van der Waals surface area contributed by atoms with E-state index >= 15 is 0 Å². The average Bonchev–Trinajstić information content (AvgIpc) is 3.10. The Labute approximate surface area is 140 Å². The number of aromatic nitrogens is 1. The molecule has 122 valence electrons. The molecule has 1 amide bonds. The summed E-state index contributed by atoms with van der Waals surface area (Å²) in [5, 5.41) is 6.13. The lowest BCUT2D eigenvalue weighted by molar-refractivity contribution is 0.0947. The highest BCUT2D eigenvalue weighted by Crippen LogP contribution is 2.21. The van der Waals surface area contributed by atoms with Gasteiger partial charge >= 0.3 is 0 Å². The van der Waals surface area contributed by atoms with Crippen molar-refractivity contribution in [3.05, 3.63) is 77.5 Å². The minimum atomic E-state index is -0.191. The molecule has 2 aromatic heterocycles. The highest BCUT2D eigenvalue weighted by Gasteiger charge is 2.08. The molecule has 1 aromatic carbocycles. The van der Waals surface area contributed by atoms with Gasteiger partial charge in [-0.05, 0) is 49.2 Å². The maximum Gasteiger partial charge on any atom is 0.253 e. The smallest absolute Gasteiger partial charge is 0.253 e. The molecule has 24 heavy (non-hydrogen) atoms. The standard InChI is InChI=1S/C19H19N3O2/c1-13-5-6-14(2)18(8-13)22-16-9-15(10-20-11-16)19(23)21-12-17-4-3-7-24-17/h3-11,22H,12H2,1-2H3,(H,21,23). The molecule has 3 rings (SSSR count). The van der Waals surface area contributed by atoms with E-state index in [2.05, 4.69) is 33.8 Å². The fourth-order valence-electron chi connectivity index (χ4n) is 2.34. The van der Waals surface area contributed by atoms with Gasteiger partial charge in [0.2, 0.25) is 0 Å². The summed E-state index contributed by atoms with van der Waals surface area (Å²) >= 11 is 0. The Hall–Kier alpha value is -3.08. The van der Waals surface area contributed by atoms with Crippen LogP contribution in [0.2, 0.25) is 0 Å². The molecule has 0 saturated heterocycles. The number of hydrogen-bond acceptors (Lipinski definition) is 4. The van der Waals surface area contributed by atoms with Gasteiger partial charge in [-0.25, -0.2) is 0 Å². The quantitative estimate of drug-likeness (QED) is 0.746. The Kier molecular flexibility index (Phi) is 4.61. The van der Waals surface area contributed by atoms with Gasteiger partial charge in [-0.15, -0.1) is 0 Å². The van der Waals surface area contributed by atoms with E-state index < -0.39 is 0 Å². The molecule has 2 heterocycles. The van der Waals surface area contributed by atoms with Crippen molar-refractivity contribution in [2.24, 2.45) is 0 Å². The minimum Gasteiger partial charge on any atom is -0.467 e. The largest absolute Gasteiger partial charge is 0.467 e. The summed E-state index contributed by atoms with van der Waals surface area (Å²) in [5.74, 6) is 0.518. The molecule has 0 aliphatic heterocycles. The summed E-state index contributed by atoms with van der Waals surface area (Å²) in [7, 11) is 0. The summed E-state index contributed by atoms with van der Waals surface area (Å²) in [6.07, 6.45) is 4.83. The van der Waals surface area contributed by atoms with Crippen LogP contribution in [0, 0.1) is 13.8 Å². The average molecular weight is 321 g/mol. The molecule has 5 nitrogen and oxygen atoms in total. The predicted molar refractivity (Wildman–Crippen MR) is 93.3 cm³/mol. The first kappa shape index (κ1) is 15.8. The summed E-state index contributed by atoms with van der Waals surface area (Å²) < 4.78 is 5.20. The molecule has 0 atom stereocenters. The van der Waals surface area contributed by atoms with E-state index in [1.165, 1.54) is 5.56 Å². The third-order valence-corrected chi connectivity index (χ3v) is 3.68. The molecule has 0 aliphatic carbocycles. The van der Waals surface area contributed by atoms with E-state index in [1.807, 2.05) is 19.9 Å². The van der Waals surface area contributed by atoms with Crippen LogP contribution in [0.15, 0.2) is 59.5 Å². The molecule has 3 aromatic rings. The normalized spacial score (nSPS) is 10.4. The second-order valence-corrected chi connectivity index (χ2v) is 5.67. The minimum absolute atomic E-state index is 0.191. The van der Waals surface area contributed by atoms with Crippen LogP contribution in [-0.2, 0) is 6.54 Å². The topological polar surface area (TPSA) is 67.2 Å². The third-order valence-electron chi connectivity index (χ3n) is 3.68. The number of anilines is 2. The van der Waals surface area contributed by atoms with Gasteiger partial charge in [0.1, 0.15) is 5.76 Å². The summed E-state index contributed by atoms with van der Waals surface area (Å²) in [6, 6.07) is 11.6. The highest BCUT2D eigenvalue weighted by atomic mass is 16.3. The lowest BCUT2D eigenvalue weighted by atomic mass is 10.1. The molecule has 0 radical (unpaired) electrons. The first-order valence-electron chi connectivity index (χ1n) is 7.72. The van der Waals surface area contributed by atoms with E-state index in [-0.39, 0.29) is 5.91 Å². The second kappa shape index (κ2) is 7.00. The number of rotatable bonds is 5. The number of hydrogen-bond donors (Lipinski definition) is 2. The zero-order valence-electron chi connectivity index (χ0n) is 13.7. The number of benzene rings is 1. The molecule has 5 heteroatoms. The Morgan fingerprint density at radius 2 is 2.04 bits per heavy atom. The van der Waals surface area contributed by atoms with Crippen LogP contribution in [0.4, 0.5) is 11.4 Å². The lowest BCUT2D eigenvalue weighted by Crippen LogP contribution is -2.22. The SMILES string of the molecule is Cc1ccc(C)c(Nc2cncc(C(=O)NCc3ccco3)c2)c1. The van der Waals surface area contributed by atoms with Gasteiger partial charge in [0.05, 0.1) is 30.3 Å². The van der Waals surface area contributed by atoms with Crippen LogP contribution < -0.4 is 10.6 Å². The van der Waals surface area contributed by atoms with Crippen LogP contribution in [0.25, 0.3) is 0 Å². The Morgan fingerprint density at radius 3 is 2.83 bits per heavy atom. The van der Waals surface area contributed by atoms with Crippen molar-refractivity contribution in [1.82, 2.24) is 10.3 Å². The number of nitrogens with one attached hydrogen (secondary N) is 2. The summed E-state index contributed by atoms with van der Waals surface area (Å²) in [5.41, 5.74) is 4.58. The Bertz CT molecular complexity index is 842. The Balaban J connectivity index is 1.71. The molecule has 0 fully saturated rings. The number of furan rings is 1. The van der Waals surface area contributed by atoms with Gasteiger partial charge in [0.25, 0.3) is 5.91 Å². The van der Waals surface area contributed by atoms with E-state index in [9.17, 15) is 4.79 Å². The fraction of sp³-hybridized carbons (Fsp3) is 0.158. The summed E-state index contributed by atoms with van der Waals surface area (Å²) in [4.78, 5) is 16.4. The molecule has 2 N–H and O–H groups in total. The van der Waals surface area contributed by atoms with Crippen LogP contribution >= 0.6 is 0 Å². The van der Waals surface area contributed by atoms with Crippen molar-refractivity contribution in [3.63, 3.8) is 0 Å². The first-order chi connectivity index (χ1) is 11.6. The van der Waals surface area contributed by atoms with E-state index in [0.29, 0.717) is 17.9 Å². The van der Waals surface area contributed by atoms with Gasteiger partial charge in [-0.3, -0.25) is 9.78 Å². The maximum atomic E-state index is 12.2. The van der Waals surface area contributed by atoms with Gasteiger partial charge < -0.3 is 15.1 Å². The first-order valence-corrected chi connectivity index (χ1v) is 7.72. The van der Waals surface area contributed by atoms with Gasteiger partial charge in [-0.2, -0.15) is 0 Å². The van der Waals surface area contributed by atoms with Crippen molar-refractivity contribution in [2.75, 3.05) is 5.32 Å². The molecule has 0 saturated carbocycles. The van der Waals surface area contributed by atoms with E-state index in [1.54, 1.807) is 30.8 Å². The van der Waals surface area contributed by atoms with E-state index in [4.69, 9.17) is 4.42 Å².